The molecule has 1 heterocycles. The molecule has 13 heavy (non-hydrogen) atoms. The molecule has 0 atom stereocenters. The third-order valence-corrected chi connectivity index (χ3v) is 1.87. The lowest BCUT2D eigenvalue weighted by molar-refractivity contribution is 0.796. The van der Waals surface area contributed by atoms with Crippen molar-refractivity contribution in [2.45, 2.75) is 6.54 Å². The molecule has 0 bridgehead atoms. The zero-order valence-corrected chi connectivity index (χ0v) is 7.09. The summed E-state index contributed by atoms with van der Waals surface area (Å²) in [5.41, 5.74) is 7.67. The molecule has 2 aromatic rings. The van der Waals surface area contributed by atoms with Crippen LogP contribution in [0.1, 0.15) is 5.56 Å². The highest BCUT2D eigenvalue weighted by Crippen LogP contribution is 2.11. The van der Waals surface area contributed by atoms with E-state index in [1.165, 1.54) is 0 Å². The van der Waals surface area contributed by atoms with Crippen LogP contribution in [-0.2, 0) is 6.54 Å². The Morgan fingerprint density at radius 3 is 2.54 bits per heavy atom. The van der Waals surface area contributed by atoms with Gasteiger partial charge in [-0.3, -0.25) is 0 Å². The van der Waals surface area contributed by atoms with Crippen LogP contribution >= 0.6 is 0 Å². The topological polar surface area (TPSA) is 56.7 Å². The Hall–Kier alpha value is -1.84. The predicted molar refractivity (Wildman–Crippen MR) is 50.0 cm³/mol. The third kappa shape index (κ3) is 1.66. The third-order valence-electron chi connectivity index (χ3n) is 1.87. The minimum absolute atomic E-state index is 0.722. The van der Waals surface area contributed by atoms with Crippen molar-refractivity contribution in [3.8, 4) is 0 Å². The fourth-order valence-corrected chi connectivity index (χ4v) is 1.18. The second-order valence-electron chi connectivity index (χ2n) is 2.83. The minimum atomic E-state index is 0.722. The van der Waals surface area contributed by atoms with Gasteiger partial charge in [-0.05, 0) is 11.6 Å². The summed E-state index contributed by atoms with van der Waals surface area (Å²) in [6.07, 6.45) is 3.35. The smallest absolute Gasteiger partial charge is 0.119 e. The second-order valence-corrected chi connectivity index (χ2v) is 2.83. The Morgan fingerprint density at radius 2 is 1.85 bits per heavy atom. The van der Waals surface area contributed by atoms with Crippen LogP contribution in [0.3, 0.4) is 0 Å². The zero-order valence-electron chi connectivity index (χ0n) is 7.09. The number of hydrogen-bond donors (Lipinski definition) is 1. The highest BCUT2D eigenvalue weighted by atomic mass is 15.2. The van der Waals surface area contributed by atoms with E-state index in [9.17, 15) is 0 Å². The van der Waals surface area contributed by atoms with E-state index in [1.54, 1.807) is 12.7 Å². The van der Waals surface area contributed by atoms with E-state index in [2.05, 4.69) is 10.2 Å². The van der Waals surface area contributed by atoms with Gasteiger partial charge in [0.2, 0.25) is 0 Å². The van der Waals surface area contributed by atoms with Gasteiger partial charge in [-0.1, -0.05) is 18.2 Å². The highest BCUT2D eigenvalue weighted by Gasteiger charge is 1.97. The maximum atomic E-state index is 5.78. The lowest BCUT2D eigenvalue weighted by Crippen LogP contribution is -2.00. The van der Waals surface area contributed by atoms with Gasteiger partial charge in [0.05, 0.1) is 6.54 Å². The first-order valence-corrected chi connectivity index (χ1v) is 4.02. The van der Waals surface area contributed by atoms with Crippen molar-refractivity contribution in [1.29, 1.82) is 0 Å². The van der Waals surface area contributed by atoms with Crippen molar-refractivity contribution in [1.82, 2.24) is 14.8 Å². The van der Waals surface area contributed by atoms with Crippen LogP contribution in [0, 0.1) is 0 Å². The molecule has 66 valence electrons. The summed E-state index contributed by atoms with van der Waals surface area (Å²) in [6, 6.07) is 7.77. The summed E-state index contributed by atoms with van der Waals surface area (Å²) in [7, 11) is 0. The molecule has 0 aliphatic heterocycles. The van der Waals surface area contributed by atoms with Gasteiger partial charge in [-0.2, -0.15) is 0 Å². The van der Waals surface area contributed by atoms with E-state index < -0.39 is 0 Å². The van der Waals surface area contributed by atoms with Gasteiger partial charge >= 0.3 is 0 Å². The highest BCUT2D eigenvalue weighted by molar-refractivity contribution is 5.46. The summed E-state index contributed by atoms with van der Waals surface area (Å²) in [4.78, 5) is 0. The molecule has 0 fully saturated rings. The van der Waals surface area contributed by atoms with Crippen LogP contribution in [0.15, 0.2) is 36.9 Å². The van der Waals surface area contributed by atoms with Gasteiger partial charge in [-0.15, -0.1) is 10.2 Å². The summed E-state index contributed by atoms with van der Waals surface area (Å²) in [5.74, 6) is 0. The van der Waals surface area contributed by atoms with Gasteiger partial charge in [0.15, 0.2) is 0 Å². The van der Waals surface area contributed by atoms with Gasteiger partial charge < -0.3 is 10.3 Å². The Morgan fingerprint density at radius 1 is 1.15 bits per heavy atom. The number of para-hydroxylation sites is 1. The quantitative estimate of drug-likeness (QED) is 0.688. The number of hydrogen-bond acceptors (Lipinski definition) is 3. The molecule has 0 saturated heterocycles. The predicted octanol–water partition coefficient (Wildman–Crippen LogP) is 0.909. The van der Waals surface area contributed by atoms with E-state index in [0.717, 1.165) is 17.8 Å². The molecule has 0 amide bonds. The number of nitrogen functional groups attached to an aromatic ring is 1. The Kier molecular flexibility index (Phi) is 1.96. The number of anilines is 1. The first-order valence-electron chi connectivity index (χ1n) is 4.02. The lowest BCUT2D eigenvalue weighted by atomic mass is 10.2. The van der Waals surface area contributed by atoms with Crippen LogP contribution in [0.2, 0.25) is 0 Å². The first kappa shape index (κ1) is 7.79. The fourth-order valence-electron chi connectivity index (χ4n) is 1.18. The van der Waals surface area contributed by atoms with E-state index in [-0.39, 0.29) is 0 Å². The van der Waals surface area contributed by atoms with Crippen molar-refractivity contribution in [3.05, 3.63) is 42.5 Å². The average Bonchev–Trinajstić information content (AvgIpc) is 2.61. The largest absolute Gasteiger partial charge is 0.398 e. The SMILES string of the molecule is Nc1ccccc1Cn1cnnc1. The number of nitrogens with two attached hydrogens (primary N) is 1. The van der Waals surface area contributed by atoms with Crippen molar-refractivity contribution >= 4 is 5.69 Å². The minimum Gasteiger partial charge on any atom is -0.398 e. The molecule has 0 spiro atoms. The lowest BCUT2D eigenvalue weighted by Gasteiger charge is -2.04. The molecule has 4 heteroatoms. The Bertz CT molecular complexity index is 380. The van der Waals surface area contributed by atoms with Gasteiger partial charge in [-0.25, -0.2) is 0 Å². The van der Waals surface area contributed by atoms with Crippen LogP contribution in [0.4, 0.5) is 5.69 Å². The number of rotatable bonds is 2. The summed E-state index contributed by atoms with van der Waals surface area (Å²) in [6.45, 7) is 0.722. The van der Waals surface area contributed by atoms with E-state index >= 15 is 0 Å². The van der Waals surface area contributed by atoms with Crippen molar-refractivity contribution in [3.63, 3.8) is 0 Å². The fraction of sp³-hybridized carbons (Fsp3) is 0.111. The molecular weight excluding hydrogens is 164 g/mol. The maximum Gasteiger partial charge on any atom is 0.119 e. The first-order chi connectivity index (χ1) is 6.36. The molecule has 0 unspecified atom stereocenters. The second kappa shape index (κ2) is 3.26. The molecular formula is C9H10N4. The summed E-state index contributed by atoms with van der Waals surface area (Å²) < 4.78 is 1.88. The van der Waals surface area contributed by atoms with Crippen LogP contribution in [0.5, 0.6) is 0 Å². The Labute approximate surface area is 76.0 Å². The Balaban J connectivity index is 2.24. The molecule has 0 aliphatic carbocycles. The molecule has 4 nitrogen and oxygen atoms in total. The summed E-state index contributed by atoms with van der Waals surface area (Å²) in [5, 5.41) is 7.44. The zero-order chi connectivity index (χ0) is 9.10. The molecule has 0 radical (unpaired) electrons. The van der Waals surface area contributed by atoms with E-state index in [4.69, 9.17) is 5.73 Å². The number of aromatic nitrogens is 3. The molecule has 2 N–H and O–H groups in total. The van der Waals surface area contributed by atoms with Crippen LogP contribution in [-0.4, -0.2) is 14.8 Å². The van der Waals surface area contributed by atoms with Gasteiger partial charge in [0, 0.05) is 5.69 Å². The number of benzene rings is 1. The normalized spacial score (nSPS) is 10.2. The molecule has 2 rings (SSSR count). The summed E-state index contributed by atoms with van der Waals surface area (Å²) >= 11 is 0. The van der Waals surface area contributed by atoms with E-state index in [0.29, 0.717) is 0 Å². The van der Waals surface area contributed by atoms with Crippen molar-refractivity contribution in [2.24, 2.45) is 0 Å². The van der Waals surface area contributed by atoms with Gasteiger partial charge in [0.1, 0.15) is 12.7 Å². The average molecular weight is 174 g/mol. The number of nitrogens with zero attached hydrogens (tertiary/aromatic N) is 3. The van der Waals surface area contributed by atoms with Gasteiger partial charge in [0.25, 0.3) is 0 Å². The monoisotopic (exact) mass is 174 g/mol. The molecule has 0 aliphatic rings. The van der Waals surface area contributed by atoms with Crippen LogP contribution < -0.4 is 5.73 Å². The van der Waals surface area contributed by atoms with Crippen molar-refractivity contribution < 1.29 is 0 Å². The molecule has 1 aromatic heterocycles. The van der Waals surface area contributed by atoms with Crippen LogP contribution in [0.25, 0.3) is 0 Å². The molecule has 0 saturated carbocycles. The maximum absolute atomic E-state index is 5.78. The standard InChI is InChI=1S/C9H10N4/c10-9-4-2-1-3-8(9)5-13-6-11-12-7-13/h1-4,6-7H,5,10H2. The van der Waals surface area contributed by atoms with E-state index in [1.807, 2.05) is 28.8 Å². The van der Waals surface area contributed by atoms with Crippen molar-refractivity contribution in [2.75, 3.05) is 5.73 Å². The molecule has 1 aromatic carbocycles.